The average Bonchev–Trinajstić information content (AvgIpc) is 2.08. The molecule has 86 valence electrons. The van der Waals surface area contributed by atoms with Gasteiger partial charge < -0.3 is 10.6 Å². The lowest BCUT2D eigenvalue weighted by Gasteiger charge is -2.15. The predicted octanol–water partition coefficient (Wildman–Crippen LogP) is -0.441. The van der Waals surface area contributed by atoms with E-state index in [1.54, 1.807) is 6.07 Å². The van der Waals surface area contributed by atoms with E-state index in [0.717, 1.165) is 4.90 Å². The van der Waals surface area contributed by atoms with E-state index in [2.05, 4.69) is 0 Å². The Kier molecular flexibility index (Phi) is 5.66. The van der Waals surface area contributed by atoms with Crippen LogP contribution in [0.15, 0.2) is 0 Å². The molecular formula is C7H13N3O4S. The van der Waals surface area contributed by atoms with Gasteiger partial charge in [-0.05, 0) is 12.8 Å². The van der Waals surface area contributed by atoms with E-state index in [-0.39, 0.29) is 25.3 Å². The maximum absolute atomic E-state index is 10.7. The van der Waals surface area contributed by atoms with Crippen LogP contribution in [0.1, 0.15) is 12.8 Å². The zero-order valence-corrected chi connectivity index (χ0v) is 8.90. The molecule has 0 aromatic carbocycles. The smallest absolute Gasteiger partial charge is 0.315 e. The number of urea groups is 1. The quantitative estimate of drug-likeness (QED) is 0.367. The first-order chi connectivity index (χ1) is 6.87. The number of carbonyl (C=O) groups is 1. The third kappa shape index (κ3) is 7.72. The van der Waals surface area contributed by atoms with Crippen molar-refractivity contribution in [3.8, 4) is 6.07 Å². The fraction of sp³-hybridized carbons (Fsp3) is 0.714. The van der Waals surface area contributed by atoms with Gasteiger partial charge in [0, 0.05) is 6.54 Å². The van der Waals surface area contributed by atoms with Crippen LogP contribution in [0.3, 0.4) is 0 Å². The summed E-state index contributed by atoms with van der Waals surface area (Å²) in [5.41, 5.74) is 4.96. The van der Waals surface area contributed by atoms with Crippen molar-refractivity contribution in [1.82, 2.24) is 4.90 Å². The van der Waals surface area contributed by atoms with E-state index in [9.17, 15) is 13.2 Å². The van der Waals surface area contributed by atoms with Gasteiger partial charge in [0.2, 0.25) is 0 Å². The average molecular weight is 235 g/mol. The number of unbranched alkanes of at least 4 members (excludes halogenated alkanes) is 1. The van der Waals surface area contributed by atoms with Crippen molar-refractivity contribution in [1.29, 1.82) is 5.26 Å². The van der Waals surface area contributed by atoms with Crippen molar-refractivity contribution in [2.24, 2.45) is 5.73 Å². The summed E-state index contributed by atoms with van der Waals surface area (Å²) in [6.45, 7) is 0.0830. The Balaban J connectivity index is 3.83. The third-order valence-electron chi connectivity index (χ3n) is 1.65. The first kappa shape index (κ1) is 13.7. The van der Waals surface area contributed by atoms with Gasteiger partial charge in [-0.2, -0.15) is 13.7 Å². The molecule has 0 aliphatic rings. The molecule has 7 nitrogen and oxygen atoms in total. The van der Waals surface area contributed by atoms with Crippen LogP contribution in [0, 0.1) is 11.3 Å². The van der Waals surface area contributed by atoms with E-state index in [1.807, 2.05) is 0 Å². The van der Waals surface area contributed by atoms with Crippen molar-refractivity contribution in [2.75, 3.05) is 18.8 Å². The SMILES string of the molecule is N#CCN(CCCCS(=O)(=O)O)C(N)=O. The molecule has 0 radical (unpaired) electrons. The predicted molar refractivity (Wildman–Crippen MR) is 52.4 cm³/mol. The Morgan fingerprint density at radius 3 is 2.47 bits per heavy atom. The molecule has 15 heavy (non-hydrogen) atoms. The van der Waals surface area contributed by atoms with Crippen molar-refractivity contribution >= 4 is 16.1 Å². The molecule has 0 atom stereocenters. The van der Waals surface area contributed by atoms with Crippen LogP contribution in [0.4, 0.5) is 4.79 Å². The lowest BCUT2D eigenvalue weighted by atomic mass is 10.3. The number of nitrogens with two attached hydrogens (primary N) is 1. The molecule has 0 unspecified atom stereocenters. The van der Waals surface area contributed by atoms with Crippen LogP contribution >= 0.6 is 0 Å². The largest absolute Gasteiger partial charge is 0.351 e. The third-order valence-corrected chi connectivity index (χ3v) is 2.46. The molecule has 3 N–H and O–H groups in total. The van der Waals surface area contributed by atoms with E-state index >= 15 is 0 Å². The van der Waals surface area contributed by atoms with Crippen molar-refractivity contribution < 1.29 is 17.8 Å². The van der Waals surface area contributed by atoms with E-state index < -0.39 is 16.1 Å². The summed E-state index contributed by atoms with van der Waals surface area (Å²) in [6, 6.07) is 1.04. The highest BCUT2D eigenvalue weighted by Crippen LogP contribution is 1.97. The molecule has 0 saturated heterocycles. The minimum Gasteiger partial charge on any atom is -0.351 e. The number of amides is 2. The van der Waals surface area contributed by atoms with E-state index in [0.29, 0.717) is 6.42 Å². The zero-order chi connectivity index (χ0) is 11.9. The lowest BCUT2D eigenvalue weighted by molar-refractivity contribution is 0.213. The number of nitrogens with zero attached hydrogens (tertiary/aromatic N) is 2. The van der Waals surface area contributed by atoms with Crippen LogP contribution in [0.2, 0.25) is 0 Å². The van der Waals surface area contributed by atoms with E-state index in [1.165, 1.54) is 0 Å². The maximum atomic E-state index is 10.7. The maximum Gasteiger partial charge on any atom is 0.315 e. The monoisotopic (exact) mass is 235 g/mol. The highest BCUT2D eigenvalue weighted by Gasteiger charge is 2.09. The summed E-state index contributed by atoms with van der Waals surface area (Å²) in [5.74, 6) is -0.355. The van der Waals surface area contributed by atoms with Crippen LogP contribution in [-0.2, 0) is 10.1 Å². The minimum atomic E-state index is -3.95. The van der Waals surface area contributed by atoms with Crippen LogP contribution in [0.5, 0.6) is 0 Å². The summed E-state index contributed by atoms with van der Waals surface area (Å²) in [6.07, 6.45) is 0.582. The van der Waals surface area contributed by atoms with Gasteiger partial charge in [-0.3, -0.25) is 4.55 Å². The molecule has 2 amide bonds. The molecule has 0 spiro atoms. The molecular weight excluding hydrogens is 222 g/mol. The Labute approximate surface area is 88.2 Å². The molecule has 8 heteroatoms. The first-order valence-corrected chi connectivity index (χ1v) is 5.84. The molecule has 0 aromatic heterocycles. The Hall–Kier alpha value is -1.33. The lowest BCUT2D eigenvalue weighted by Crippen LogP contribution is -2.36. The first-order valence-electron chi connectivity index (χ1n) is 4.23. The second kappa shape index (κ2) is 6.21. The standard InChI is InChI=1S/C7H13N3O4S/c8-3-5-10(7(9)11)4-1-2-6-15(12,13)14/h1-2,4-6H2,(H2,9,11)(H,12,13,14). The van der Waals surface area contributed by atoms with E-state index in [4.69, 9.17) is 15.5 Å². The molecule has 0 aromatic rings. The van der Waals surface area contributed by atoms with Gasteiger partial charge in [0.25, 0.3) is 10.1 Å². The van der Waals surface area contributed by atoms with Gasteiger partial charge >= 0.3 is 6.03 Å². The van der Waals surface area contributed by atoms with Gasteiger partial charge in [-0.15, -0.1) is 0 Å². The summed E-state index contributed by atoms with van der Waals surface area (Å²) < 4.78 is 29.1. The molecule has 0 heterocycles. The Morgan fingerprint density at radius 2 is 2.07 bits per heavy atom. The zero-order valence-electron chi connectivity index (χ0n) is 8.09. The minimum absolute atomic E-state index is 0.124. The topological polar surface area (TPSA) is 124 Å². The number of carbonyl (C=O) groups excluding carboxylic acids is 1. The molecule has 0 rings (SSSR count). The van der Waals surface area contributed by atoms with Gasteiger partial charge in [0.15, 0.2) is 0 Å². The fourth-order valence-corrected chi connectivity index (χ4v) is 1.51. The summed E-state index contributed by atoms with van der Waals surface area (Å²) in [7, 11) is -3.95. The normalized spacial score (nSPS) is 10.7. The summed E-state index contributed by atoms with van der Waals surface area (Å²) in [5, 5.41) is 8.34. The van der Waals surface area contributed by atoms with Gasteiger partial charge in [-0.25, -0.2) is 4.79 Å². The van der Waals surface area contributed by atoms with Crippen molar-refractivity contribution in [3.63, 3.8) is 0 Å². The van der Waals surface area contributed by atoms with Crippen LogP contribution < -0.4 is 5.73 Å². The second-order valence-corrected chi connectivity index (χ2v) is 4.48. The Morgan fingerprint density at radius 1 is 1.47 bits per heavy atom. The highest BCUT2D eigenvalue weighted by atomic mass is 32.2. The number of hydrogen-bond acceptors (Lipinski definition) is 4. The molecule has 0 fully saturated rings. The highest BCUT2D eigenvalue weighted by molar-refractivity contribution is 7.85. The fourth-order valence-electron chi connectivity index (χ4n) is 0.940. The number of hydrogen-bond donors (Lipinski definition) is 2. The molecule has 0 bridgehead atoms. The number of primary amides is 1. The van der Waals surface area contributed by atoms with Crippen LogP contribution in [-0.4, -0.2) is 42.7 Å². The molecule has 0 aliphatic carbocycles. The Bertz CT molecular complexity index is 346. The molecule has 0 saturated carbocycles. The molecule has 0 aliphatic heterocycles. The summed E-state index contributed by atoms with van der Waals surface area (Å²) in [4.78, 5) is 11.8. The van der Waals surface area contributed by atoms with Gasteiger partial charge in [-0.1, -0.05) is 0 Å². The summed E-state index contributed by atoms with van der Waals surface area (Å²) >= 11 is 0. The van der Waals surface area contributed by atoms with Crippen molar-refractivity contribution in [2.45, 2.75) is 12.8 Å². The van der Waals surface area contributed by atoms with Crippen molar-refractivity contribution in [3.05, 3.63) is 0 Å². The second-order valence-electron chi connectivity index (χ2n) is 2.91. The van der Waals surface area contributed by atoms with Gasteiger partial charge in [0.05, 0.1) is 11.8 Å². The van der Waals surface area contributed by atoms with Crippen LogP contribution in [0.25, 0.3) is 0 Å². The number of rotatable bonds is 6. The number of nitriles is 1. The van der Waals surface area contributed by atoms with Gasteiger partial charge in [0.1, 0.15) is 6.54 Å².